The number of amides is 2. The van der Waals surface area contributed by atoms with E-state index in [1.165, 1.54) is 22.7 Å². The number of rotatable bonds is 5. The summed E-state index contributed by atoms with van der Waals surface area (Å²) in [5.74, 6) is -0.339. The maximum Gasteiger partial charge on any atom is 0.267 e. The van der Waals surface area contributed by atoms with Crippen molar-refractivity contribution in [3.8, 4) is 0 Å². The van der Waals surface area contributed by atoms with E-state index in [1.807, 2.05) is 36.6 Å². The van der Waals surface area contributed by atoms with Gasteiger partial charge in [-0.1, -0.05) is 22.0 Å². The molecule has 0 bridgehead atoms. The van der Waals surface area contributed by atoms with E-state index >= 15 is 0 Å². The Morgan fingerprint density at radius 2 is 2.04 bits per heavy atom. The van der Waals surface area contributed by atoms with Crippen LogP contribution in [0.2, 0.25) is 0 Å². The first-order valence-corrected chi connectivity index (χ1v) is 9.92. The molecule has 0 aliphatic carbocycles. The molecule has 0 radical (unpaired) electrons. The third kappa shape index (κ3) is 4.75. The van der Waals surface area contributed by atoms with Gasteiger partial charge in [0.15, 0.2) is 5.13 Å². The number of benzene rings is 1. The lowest BCUT2D eigenvalue weighted by molar-refractivity contribution is -0.115. The Hall–Kier alpha value is -2.03. The van der Waals surface area contributed by atoms with Crippen LogP contribution in [0.25, 0.3) is 0 Å². The molecule has 8 heteroatoms. The topological polar surface area (TPSA) is 71.1 Å². The summed E-state index contributed by atoms with van der Waals surface area (Å²) in [6.07, 6.45) is 0.153. The average Bonchev–Trinajstić information content (AvgIpc) is 3.23. The summed E-state index contributed by atoms with van der Waals surface area (Å²) in [6.45, 7) is 1.96. The highest BCUT2D eigenvalue weighted by Gasteiger charge is 2.12. The first kappa shape index (κ1) is 17.8. The predicted octanol–water partition coefficient (Wildman–Crippen LogP) is 4.71. The molecule has 3 aromatic rings. The SMILES string of the molecule is Cc1cc(NC(=O)Cc2csc(NC(=O)c3cccs3)n2)ccc1Br. The molecule has 2 N–H and O–H groups in total. The molecule has 0 atom stereocenters. The third-order valence-corrected chi connectivity index (χ3v) is 5.87. The zero-order chi connectivity index (χ0) is 17.8. The highest BCUT2D eigenvalue weighted by Crippen LogP contribution is 2.21. The fourth-order valence-corrected chi connectivity index (χ4v) is 3.68. The Morgan fingerprint density at radius 1 is 1.20 bits per heavy atom. The maximum absolute atomic E-state index is 12.2. The van der Waals surface area contributed by atoms with Crippen LogP contribution in [0.15, 0.2) is 45.6 Å². The van der Waals surface area contributed by atoms with Crippen molar-refractivity contribution < 1.29 is 9.59 Å². The van der Waals surface area contributed by atoms with Crippen LogP contribution in [0, 0.1) is 6.92 Å². The van der Waals surface area contributed by atoms with E-state index in [0.717, 1.165) is 15.7 Å². The van der Waals surface area contributed by atoms with E-state index in [0.29, 0.717) is 15.7 Å². The molecule has 0 fully saturated rings. The average molecular weight is 436 g/mol. The van der Waals surface area contributed by atoms with E-state index in [1.54, 1.807) is 11.4 Å². The predicted molar refractivity (Wildman–Crippen MR) is 106 cm³/mol. The van der Waals surface area contributed by atoms with Gasteiger partial charge < -0.3 is 5.32 Å². The molecule has 0 aliphatic rings. The molecule has 0 saturated heterocycles. The highest BCUT2D eigenvalue weighted by molar-refractivity contribution is 9.10. The van der Waals surface area contributed by atoms with Crippen molar-refractivity contribution in [3.05, 3.63) is 61.7 Å². The Kier molecular flexibility index (Phi) is 5.62. The molecule has 0 aliphatic heterocycles. The molecule has 1 aromatic carbocycles. The Labute approximate surface area is 161 Å². The minimum absolute atomic E-state index is 0.150. The van der Waals surface area contributed by atoms with Gasteiger partial charge >= 0.3 is 0 Å². The van der Waals surface area contributed by atoms with Crippen molar-refractivity contribution in [1.29, 1.82) is 0 Å². The van der Waals surface area contributed by atoms with Crippen molar-refractivity contribution >= 4 is 61.2 Å². The molecule has 0 saturated carbocycles. The number of nitrogens with one attached hydrogen (secondary N) is 2. The lowest BCUT2D eigenvalue weighted by atomic mass is 10.2. The number of carbonyl (C=O) groups excluding carboxylic acids is 2. The van der Waals surface area contributed by atoms with Crippen LogP contribution in [0.5, 0.6) is 0 Å². The number of thiophene rings is 1. The summed E-state index contributed by atoms with van der Waals surface area (Å²) in [5, 5.41) is 9.70. The Balaban J connectivity index is 1.58. The van der Waals surface area contributed by atoms with Crippen molar-refractivity contribution in [2.75, 3.05) is 10.6 Å². The first-order valence-electron chi connectivity index (χ1n) is 7.36. The summed E-state index contributed by atoms with van der Waals surface area (Å²) >= 11 is 6.10. The van der Waals surface area contributed by atoms with Crippen molar-refractivity contribution in [2.45, 2.75) is 13.3 Å². The summed E-state index contributed by atoms with van der Waals surface area (Å²) in [6, 6.07) is 9.20. The van der Waals surface area contributed by atoms with Gasteiger partial charge in [-0.05, 0) is 42.1 Å². The van der Waals surface area contributed by atoms with Gasteiger partial charge in [-0.25, -0.2) is 4.98 Å². The van der Waals surface area contributed by atoms with Crippen LogP contribution in [-0.4, -0.2) is 16.8 Å². The number of anilines is 2. The van der Waals surface area contributed by atoms with Crippen LogP contribution >= 0.6 is 38.6 Å². The molecule has 5 nitrogen and oxygen atoms in total. The number of hydrogen-bond donors (Lipinski definition) is 2. The van der Waals surface area contributed by atoms with Gasteiger partial charge in [0.05, 0.1) is 17.0 Å². The van der Waals surface area contributed by atoms with E-state index in [-0.39, 0.29) is 18.2 Å². The van der Waals surface area contributed by atoms with E-state index in [2.05, 4.69) is 31.5 Å². The molecule has 0 unspecified atom stereocenters. The van der Waals surface area contributed by atoms with Gasteiger partial charge in [-0.15, -0.1) is 22.7 Å². The number of hydrogen-bond acceptors (Lipinski definition) is 5. The molecule has 2 heterocycles. The number of carbonyl (C=O) groups is 2. The van der Waals surface area contributed by atoms with Crippen molar-refractivity contribution in [2.24, 2.45) is 0 Å². The smallest absolute Gasteiger partial charge is 0.267 e. The number of aromatic nitrogens is 1. The molecular weight excluding hydrogens is 422 g/mol. The van der Waals surface area contributed by atoms with Gasteiger partial charge in [-0.3, -0.25) is 14.9 Å². The largest absolute Gasteiger partial charge is 0.326 e. The third-order valence-electron chi connectivity index (χ3n) is 3.30. The van der Waals surface area contributed by atoms with Crippen LogP contribution in [0.3, 0.4) is 0 Å². The van der Waals surface area contributed by atoms with E-state index < -0.39 is 0 Å². The summed E-state index contributed by atoms with van der Waals surface area (Å²) in [4.78, 5) is 29.1. The molecule has 128 valence electrons. The lowest BCUT2D eigenvalue weighted by Gasteiger charge is -2.06. The van der Waals surface area contributed by atoms with Crippen molar-refractivity contribution in [3.63, 3.8) is 0 Å². The molecule has 2 aromatic heterocycles. The lowest BCUT2D eigenvalue weighted by Crippen LogP contribution is -2.15. The van der Waals surface area contributed by atoms with Gasteiger partial charge in [0.1, 0.15) is 0 Å². The van der Waals surface area contributed by atoms with Gasteiger partial charge in [-0.2, -0.15) is 0 Å². The Bertz CT molecular complexity index is 907. The number of halogens is 1. The quantitative estimate of drug-likeness (QED) is 0.609. The summed E-state index contributed by atoms with van der Waals surface area (Å²) in [7, 11) is 0. The van der Waals surface area contributed by atoms with Crippen molar-refractivity contribution in [1.82, 2.24) is 4.98 Å². The van der Waals surface area contributed by atoms with Gasteiger partial charge in [0.2, 0.25) is 5.91 Å². The molecule has 2 amide bonds. The monoisotopic (exact) mass is 435 g/mol. The standard InChI is InChI=1S/C17H14BrN3O2S2/c1-10-7-11(4-5-13(10)18)19-15(22)8-12-9-25-17(20-12)21-16(23)14-3-2-6-24-14/h2-7,9H,8H2,1H3,(H,19,22)(H,20,21,23). The second kappa shape index (κ2) is 7.90. The van der Waals surface area contributed by atoms with Gasteiger partial charge in [0.25, 0.3) is 5.91 Å². The molecule has 3 rings (SSSR count). The second-order valence-corrected chi connectivity index (χ2v) is 7.92. The number of aryl methyl sites for hydroxylation is 1. The van der Waals surface area contributed by atoms with Crippen LogP contribution < -0.4 is 10.6 Å². The zero-order valence-corrected chi connectivity index (χ0v) is 16.4. The fourth-order valence-electron chi connectivity index (χ4n) is 2.10. The van der Waals surface area contributed by atoms with Crippen LogP contribution in [0.4, 0.5) is 10.8 Å². The minimum atomic E-state index is -0.189. The molecule has 25 heavy (non-hydrogen) atoms. The minimum Gasteiger partial charge on any atom is -0.326 e. The van der Waals surface area contributed by atoms with Crippen LogP contribution in [-0.2, 0) is 11.2 Å². The Morgan fingerprint density at radius 3 is 2.76 bits per heavy atom. The first-order chi connectivity index (χ1) is 12.0. The maximum atomic E-state index is 12.2. The molecular formula is C17H14BrN3O2S2. The van der Waals surface area contributed by atoms with Gasteiger partial charge in [0, 0.05) is 15.5 Å². The molecule has 0 spiro atoms. The number of thiazole rings is 1. The zero-order valence-electron chi connectivity index (χ0n) is 13.2. The highest BCUT2D eigenvalue weighted by atomic mass is 79.9. The summed E-state index contributed by atoms with van der Waals surface area (Å²) < 4.78 is 0.996. The second-order valence-electron chi connectivity index (χ2n) is 5.26. The fraction of sp³-hybridized carbons (Fsp3) is 0.118. The normalized spacial score (nSPS) is 10.5. The number of nitrogens with zero attached hydrogens (tertiary/aromatic N) is 1. The van der Waals surface area contributed by atoms with E-state index in [4.69, 9.17) is 0 Å². The summed E-state index contributed by atoms with van der Waals surface area (Å²) in [5.41, 5.74) is 2.41. The van der Waals surface area contributed by atoms with Crippen LogP contribution in [0.1, 0.15) is 20.9 Å². The van der Waals surface area contributed by atoms with E-state index in [9.17, 15) is 9.59 Å².